The molecule has 1 aliphatic heterocycles. The van der Waals surface area contributed by atoms with Crippen LogP contribution in [-0.2, 0) is 16.1 Å². The Labute approximate surface area is 116 Å². The number of nitrogens with zero attached hydrogens (tertiary/aromatic N) is 1. The Morgan fingerprint density at radius 2 is 2.10 bits per heavy atom. The third-order valence-corrected chi connectivity index (χ3v) is 3.28. The highest BCUT2D eigenvalue weighted by Gasteiger charge is 2.29. The molecule has 20 heavy (non-hydrogen) atoms. The molecule has 2 rings (SSSR count). The van der Waals surface area contributed by atoms with Gasteiger partial charge in [-0.25, -0.2) is 0 Å². The van der Waals surface area contributed by atoms with Gasteiger partial charge in [-0.1, -0.05) is 12.1 Å². The highest BCUT2D eigenvalue weighted by Crippen LogP contribution is 2.19. The van der Waals surface area contributed by atoms with Crippen LogP contribution >= 0.6 is 0 Å². The Bertz CT molecular complexity index is 489. The molecule has 2 atom stereocenters. The molecule has 1 fully saturated rings. The van der Waals surface area contributed by atoms with Crippen molar-refractivity contribution in [1.82, 2.24) is 5.32 Å². The molecular formula is C13H17N3O4. The minimum Gasteiger partial charge on any atom is -0.364 e. The Hall–Kier alpha value is -1.99. The molecule has 1 saturated heterocycles. The zero-order valence-electron chi connectivity index (χ0n) is 11.0. The van der Waals surface area contributed by atoms with E-state index in [4.69, 9.17) is 10.5 Å². The van der Waals surface area contributed by atoms with E-state index in [1.54, 1.807) is 12.1 Å². The van der Waals surface area contributed by atoms with Gasteiger partial charge in [0.25, 0.3) is 5.69 Å². The largest absolute Gasteiger partial charge is 0.364 e. The van der Waals surface area contributed by atoms with E-state index in [-0.39, 0.29) is 17.7 Å². The summed E-state index contributed by atoms with van der Waals surface area (Å²) in [7, 11) is 0. The molecule has 0 spiro atoms. The number of amides is 1. The van der Waals surface area contributed by atoms with Crippen molar-refractivity contribution in [1.29, 1.82) is 0 Å². The fraction of sp³-hybridized carbons (Fsp3) is 0.462. The van der Waals surface area contributed by atoms with E-state index >= 15 is 0 Å². The lowest BCUT2D eigenvalue weighted by atomic mass is 10.1. The van der Waals surface area contributed by atoms with E-state index in [1.807, 2.05) is 0 Å². The van der Waals surface area contributed by atoms with E-state index < -0.39 is 11.0 Å². The summed E-state index contributed by atoms with van der Waals surface area (Å²) >= 11 is 0. The van der Waals surface area contributed by atoms with Gasteiger partial charge in [0.2, 0.25) is 5.91 Å². The topological polar surface area (TPSA) is 107 Å². The van der Waals surface area contributed by atoms with E-state index in [2.05, 4.69) is 5.32 Å². The lowest BCUT2D eigenvalue weighted by molar-refractivity contribution is -0.384. The van der Waals surface area contributed by atoms with Crippen molar-refractivity contribution in [2.45, 2.75) is 31.6 Å². The van der Waals surface area contributed by atoms with Crippen LogP contribution < -0.4 is 11.1 Å². The van der Waals surface area contributed by atoms with Gasteiger partial charge in [0, 0.05) is 25.2 Å². The van der Waals surface area contributed by atoms with Crippen molar-refractivity contribution in [2.24, 2.45) is 5.73 Å². The predicted molar refractivity (Wildman–Crippen MR) is 71.9 cm³/mol. The van der Waals surface area contributed by atoms with Gasteiger partial charge in [0.05, 0.1) is 11.0 Å². The molecule has 0 unspecified atom stereocenters. The normalized spacial score (nSPS) is 21.6. The van der Waals surface area contributed by atoms with E-state index in [0.29, 0.717) is 19.5 Å². The molecule has 0 saturated carbocycles. The number of nitro groups is 1. The van der Waals surface area contributed by atoms with Crippen molar-refractivity contribution in [2.75, 3.05) is 6.54 Å². The second-order valence-corrected chi connectivity index (χ2v) is 4.70. The Morgan fingerprint density at radius 1 is 1.40 bits per heavy atom. The van der Waals surface area contributed by atoms with Gasteiger partial charge >= 0.3 is 0 Å². The summed E-state index contributed by atoms with van der Waals surface area (Å²) < 4.78 is 5.49. The number of non-ortho nitro benzene ring substituents is 1. The van der Waals surface area contributed by atoms with Crippen LogP contribution in [-0.4, -0.2) is 29.6 Å². The maximum absolute atomic E-state index is 11.9. The van der Waals surface area contributed by atoms with Crippen LogP contribution in [0.4, 0.5) is 5.69 Å². The van der Waals surface area contributed by atoms with E-state index in [0.717, 1.165) is 12.0 Å². The number of benzene rings is 1. The number of nitro benzene ring substituents is 1. The first-order chi connectivity index (χ1) is 9.60. The summed E-state index contributed by atoms with van der Waals surface area (Å²) in [6, 6.07) is 6.07. The Morgan fingerprint density at radius 3 is 2.65 bits per heavy atom. The third kappa shape index (κ3) is 3.52. The van der Waals surface area contributed by atoms with Crippen LogP contribution in [0, 0.1) is 10.1 Å². The van der Waals surface area contributed by atoms with Crippen LogP contribution in [0.25, 0.3) is 0 Å². The van der Waals surface area contributed by atoms with Gasteiger partial charge in [-0.2, -0.15) is 0 Å². The first kappa shape index (κ1) is 14.4. The van der Waals surface area contributed by atoms with Crippen molar-refractivity contribution < 1.29 is 14.5 Å². The molecule has 1 amide bonds. The number of nitrogens with one attached hydrogen (secondary N) is 1. The average molecular weight is 279 g/mol. The molecule has 0 aromatic heterocycles. The second kappa shape index (κ2) is 6.44. The van der Waals surface area contributed by atoms with Crippen LogP contribution in [0.1, 0.15) is 18.4 Å². The fourth-order valence-corrected chi connectivity index (χ4v) is 2.11. The van der Waals surface area contributed by atoms with Crippen LogP contribution in [0.15, 0.2) is 24.3 Å². The van der Waals surface area contributed by atoms with Gasteiger partial charge in [-0.3, -0.25) is 14.9 Å². The van der Waals surface area contributed by atoms with Crippen molar-refractivity contribution in [3.63, 3.8) is 0 Å². The van der Waals surface area contributed by atoms with E-state index in [1.165, 1.54) is 12.1 Å². The highest BCUT2D eigenvalue weighted by atomic mass is 16.6. The van der Waals surface area contributed by atoms with Crippen molar-refractivity contribution in [3.05, 3.63) is 39.9 Å². The molecule has 1 aromatic carbocycles. The lowest BCUT2D eigenvalue weighted by Crippen LogP contribution is -2.35. The first-order valence-electron chi connectivity index (χ1n) is 6.46. The molecule has 108 valence electrons. The molecule has 1 aliphatic rings. The minimum atomic E-state index is -0.457. The monoisotopic (exact) mass is 279 g/mol. The van der Waals surface area contributed by atoms with Gasteiger partial charge < -0.3 is 15.8 Å². The third-order valence-electron chi connectivity index (χ3n) is 3.28. The van der Waals surface area contributed by atoms with Gasteiger partial charge in [0.15, 0.2) is 0 Å². The predicted octanol–water partition coefficient (Wildman–Crippen LogP) is 0.717. The number of hydrogen-bond acceptors (Lipinski definition) is 5. The summed E-state index contributed by atoms with van der Waals surface area (Å²) in [5.74, 6) is -0.167. The maximum atomic E-state index is 11.9. The summed E-state index contributed by atoms with van der Waals surface area (Å²) in [5, 5.41) is 13.3. The molecule has 0 radical (unpaired) electrons. The smallest absolute Gasteiger partial charge is 0.269 e. The SMILES string of the molecule is NC[C@H]1CC[C@@H](C(=O)NCc2ccc([N+](=O)[O-])cc2)O1. The summed E-state index contributed by atoms with van der Waals surface area (Å²) in [4.78, 5) is 21.9. The van der Waals surface area contributed by atoms with Crippen LogP contribution in [0.2, 0.25) is 0 Å². The van der Waals surface area contributed by atoms with Gasteiger partial charge in [-0.05, 0) is 18.4 Å². The molecule has 0 bridgehead atoms. The quantitative estimate of drug-likeness (QED) is 0.610. The second-order valence-electron chi connectivity index (χ2n) is 4.70. The van der Waals surface area contributed by atoms with Crippen molar-refractivity contribution in [3.8, 4) is 0 Å². The molecule has 7 heteroatoms. The first-order valence-corrected chi connectivity index (χ1v) is 6.46. The maximum Gasteiger partial charge on any atom is 0.269 e. The number of carbonyl (C=O) groups excluding carboxylic acids is 1. The number of hydrogen-bond donors (Lipinski definition) is 2. The minimum absolute atomic E-state index is 0.0324. The molecule has 1 heterocycles. The standard InChI is InChI=1S/C13H17N3O4/c14-7-11-5-6-12(20-11)13(17)15-8-9-1-3-10(4-2-9)16(18)19/h1-4,11-12H,5-8,14H2,(H,15,17)/t11-,12+/m1/s1. The van der Waals surface area contributed by atoms with Gasteiger partial charge in [-0.15, -0.1) is 0 Å². The molecular weight excluding hydrogens is 262 g/mol. The van der Waals surface area contributed by atoms with Crippen molar-refractivity contribution >= 4 is 11.6 Å². The van der Waals surface area contributed by atoms with Crippen LogP contribution in [0.5, 0.6) is 0 Å². The van der Waals surface area contributed by atoms with Crippen LogP contribution in [0.3, 0.4) is 0 Å². The Kier molecular flexibility index (Phi) is 4.65. The number of carbonyl (C=O) groups is 1. The summed E-state index contributed by atoms with van der Waals surface area (Å²) in [6.45, 7) is 0.746. The molecule has 7 nitrogen and oxygen atoms in total. The highest BCUT2D eigenvalue weighted by molar-refractivity contribution is 5.81. The molecule has 0 aliphatic carbocycles. The zero-order chi connectivity index (χ0) is 14.5. The summed E-state index contributed by atoms with van der Waals surface area (Å²) in [6.07, 6.45) is 0.992. The van der Waals surface area contributed by atoms with Gasteiger partial charge in [0.1, 0.15) is 6.10 Å². The molecule has 3 N–H and O–H groups in total. The average Bonchev–Trinajstić information content (AvgIpc) is 2.94. The number of nitrogens with two attached hydrogens (primary N) is 1. The number of rotatable bonds is 5. The Balaban J connectivity index is 1.83. The molecule has 1 aromatic rings. The zero-order valence-corrected chi connectivity index (χ0v) is 11.0. The lowest BCUT2D eigenvalue weighted by Gasteiger charge is -2.12. The van der Waals surface area contributed by atoms with E-state index in [9.17, 15) is 14.9 Å². The summed E-state index contributed by atoms with van der Waals surface area (Å²) in [5.41, 5.74) is 6.32. The number of ether oxygens (including phenoxy) is 1. The fourth-order valence-electron chi connectivity index (χ4n) is 2.11.